The number of hydrogen-bond acceptors (Lipinski definition) is 5. The van der Waals surface area contributed by atoms with Gasteiger partial charge in [-0.2, -0.15) is 9.40 Å². The number of halogens is 1. The molecule has 32 heavy (non-hydrogen) atoms. The summed E-state index contributed by atoms with van der Waals surface area (Å²) in [5.41, 5.74) is 1.00. The first-order valence-electron chi connectivity index (χ1n) is 9.78. The number of anilines is 1. The maximum absolute atomic E-state index is 12.9. The van der Waals surface area contributed by atoms with Gasteiger partial charge in [0.25, 0.3) is 5.91 Å². The summed E-state index contributed by atoms with van der Waals surface area (Å²) >= 11 is 6.21. The monoisotopic (exact) mass is 473 g/mol. The molecule has 1 aliphatic heterocycles. The van der Waals surface area contributed by atoms with Crippen LogP contribution in [0.15, 0.2) is 65.7 Å². The van der Waals surface area contributed by atoms with E-state index in [0.29, 0.717) is 17.4 Å². The van der Waals surface area contributed by atoms with Crippen LogP contribution in [0.1, 0.15) is 15.9 Å². The van der Waals surface area contributed by atoms with Crippen molar-refractivity contribution in [1.29, 1.82) is 0 Å². The first-order chi connectivity index (χ1) is 15.3. The van der Waals surface area contributed by atoms with Gasteiger partial charge in [0, 0.05) is 29.7 Å². The van der Waals surface area contributed by atoms with Gasteiger partial charge in [0.2, 0.25) is 15.9 Å². The van der Waals surface area contributed by atoms with Crippen LogP contribution < -0.4 is 10.6 Å². The Morgan fingerprint density at radius 1 is 1.16 bits per heavy atom. The fourth-order valence-electron chi connectivity index (χ4n) is 3.31. The molecule has 4 rings (SSSR count). The zero-order chi connectivity index (χ0) is 22.7. The summed E-state index contributed by atoms with van der Waals surface area (Å²) in [6.45, 7) is 0.521. The quantitative estimate of drug-likeness (QED) is 0.568. The first kappa shape index (κ1) is 22.0. The molecule has 1 aliphatic rings. The predicted octanol–water partition coefficient (Wildman–Crippen LogP) is 1.96. The van der Waals surface area contributed by atoms with Crippen LogP contribution in [0.3, 0.4) is 0 Å². The number of aromatic nitrogens is 2. The summed E-state index contributed by atoms with van der Waals surface area (Å²) in [6, 6.07) is 14.7. The molecular formula is C21H20ClN5O4S. The minimum absolute atomic E-state index is 0.0515. The molecule has 166 valence electrons. The van der Waals surface area contributed by atoms with Crippen molar-refractivity contribution < 1.29 is 18.0 Å². The number of sulfonamides is 1. The van der Waals surface area contributed by atoms with Crippen molar-refractivity contribution >= 4 is 39.3 Å². The van der Waals surface area contributed by atoms with Crippen LogP contribution in [0.5, 0.6) is 0 Å². The number of hydrogen-bond donors (Lipinski definition) is 2. The lowest BCUT2D eigenvalue weighted by molar-refractivity contribution is -0.122. The van der Waals surface area contributed by atoms with Gasteiger partial charge in [-0.1, -0.05) is 35.9 Å². The molecule has 0 unspecified atom stereocenters. The Bertz CT molecular complexity index is 1270. The van der Waals surface area contributed by atoms with Gasteiger partial charge in [-0.3, -0.25) is 9.59 Å². The van der Waals surface area contributed by atoms with Crippen LogP contribution in [0.25, 0.3) is 0 Å². The Morgan fingerprint density at radius 2 is 1.97 bits per heavy atom. The molecule has 2 N–H and O–H groups in total. The lowest BCUT2D eigenvalue weighted by atomic mass is 10.2. The Labute approximate surface area is 190 Å². The van der Waals surface area contributed by atoms with Crippen LogP contribution in [-0.4, -0.2) is 54.0 Å². The van der Waals surface area contributed by atoms with Crippen LogP contribution >= 0.6 is 11.6 Å². The fraction of sp³-hybridized carbons (Fsp3) is 0.190. The molecule has 1 fully saturated rings. The van der Waals surface area contributed by atoms with E-state index in [-0.39, 0.29) is 36.0 Å². The molecule has 2 aromatic carbocycles. The molecule has 11 heteroatoms. The summed E-state index contributed by atoms with van der Waals surface area (Å²) in [4.78, 5) is 24.4. The van der Waals surface area contributed by atoms with E-state index in [1.165, 1.54) is 24.3 Å². The van der Waals surface area contributed by atoms with Crippen molar-refractivity contribution in [3.63, 3.8) is 0 Å². The van der Waals surface area contributed by atoms with Crippen LogP contribution in [0.2, 0.25) is 5.02 Å². The van der Waals surface area contributed by atoms with Crippen molar-refractivity contribution in [3.05, 3.63) is 76.9 Å². The van der Waals surface area contributed by atoms with E-state index in [1.807, 2.05) is 18.2 Å². The Balaban J connectivity index is 1.53. The summed E-state index contributed by atoms with van der Waals surface area (Å²) in [7, 11) is -3.91. The van der Waals surface area contributed by atoms with Crippen molar-refractivity contribution in [3.8, 4) is 0 Å². The predicted molar refractivity (Wildman–Crippen MR) is 119 cm³/mol. The second-order valence-corrected chi connectivity index (χ2v) is 9.48. The highest BCUT2D eigenvalue weighted by Crippen LogP contribution is 2.20. The minimum Gasteiger partial charge on any atom is -0.354 e. The minimum atomic E-state index is -3.91. The molecule has 0 atom stereocenters. The van der Waals surface area contributed by atoms with Gasteiger partial charge in [-0.15, -0.1) is 0 Å². The standard InChI is InChI=1S/C21H20ClN5O4S/c22-18-7-2-1-4-16(18)13-27-19(8-9-24-27)25-21(29)15-5-3-6-17(12-15)32(30,31)26-11-10-23-20(28)14-26/h1-9,12H,10-11,13-14H2,(H,23,28)(H,25,29). The molecule has 0 saturated carbocycles. The zero-order valence-corrected chi connectivity index (χ0v) is 18.4. The average molecular weight is 474 g/mol. The van der Waals surface area contributed by atoms with Crippen molar-refractivity contribution in [2.24, 2.45) is 0 Å². The van der Waals surface area contributed by atoms with E-state index >= 15 is 0 Å². The van der Waals surface area contributed by atoms with Gasteiger partial charge in [0.1, 0.15) is 5.82 Å². The summed E-state index contributed by atoms with van der Waals surface area (Å²) < 4.78 is 28.5. The fourth-order valence-corrected chi connectivity index (χ4v) is 4.95. The highest BCUT2D eigenvalue weighted by Gasteiger charge is 2.29. The first-order valence-corrected chi connectivity index (χ1v) is 11.6. The molecule has 2 amide bonds. The lowest BCUT2D eigenvalue weighted by Crippen LogP contribution is -2.49. The molecule has 9 nitrogen and oxygen atoms in total. The molecule has 0 aliphatic carbocycles. The highest BCUT2D eigenvalue weighted by molar-refractivity contribution is 7.89. The number of benzene rings is 2. The SMILES string of the molecule is O=C1CN(S(=O)(=O)c2cccc(C(=O)Nc3ccnn3Cc3ccccc3Cl)c2)CCN1. The maximum atomic E-state index is 12.9. The van der Waals surface area contributed by atoms with E-state index in [4.69, 9.17) is 11.6 Å². The molecule has 0 radical (unpaired) electrons. The van der Waals surface area contributed by atoms with Crippen LogP contribution in [0, 0.1) is 0 Å². The third kappa shape index (κ3) is 4.67. The van der Waals surface area contributed by atoms with Crippen molar-refractivity contribution in [1.82, 2.24) is 19.4 Å². The number of carbonyl (C=O) groups is 2. The largest absolute Gasteiger partial charge is 0.354 e. The Hall–Kier alpha value is -3.21. The van der Waals surface area contributed by atoms with E-state index in [2.05, 4.69) is 15.7 Å². The molecule has 1 aromatic heterocycles. The summed E-state index contributed by atoms with van der Waals surface area (Å²) in [5, 5.41) is 10.2. The van der Waals surface area contributed by atoms with Crippen molar-refractivity contribution in [2.75, 3.05) is 25.0 Å². The average Bonchev–Trinajstić information content (AvgIpc) is 3.22. The van der Waals surface area contributed by atoms with Gasteiger partial charge in [-0.05, 0) is 29.8 Å². The third-order valence-corrected chi connectivity index (χ3v) is 7.18. The number of nitrogens with one attached hydrogen (secondary N) is 2. The lowest BCUT2D eigenvalue weighted by Gasteiger charge is -2.26. The van der Waals surface area contributed by atoms with E-state index in [0.717, 1.165) is 9.87 Å². The second kappa shape index (κ2) is 9.11. The van der Waals surface area contributed by atoms with Crippen LogP contribution in [-0.2, 0) is 21.4 Å². The van der Waals surface area contributed by atoms with Gasteiger partial charge in [0.15, 0.2) is 0 Å². The molecule has 2 heterocycles. The number of carbonyl (C=O) groups excluding carboxylic acids is 2. The molecule has 1 saturated heterocycles. The third-order valence-electron chi connectivity index (χ3n) is 4.97. The normalized spacial score (nSPS) is 14.7. The van der Waals surface area contributed by atoms with E-state index in [1.54, 1.807) is 23.0 Å². The van der Waals surface area contributed by atoms with Gasteiger partial charge >= 0.3 is 0 Å². The number of piperazine rings is 1. The van der Waals surface area contributed by atoms with Crippen LogP contribution in [0.4, 0.5) is 5.82 Å². The maximum Gasteiger partial charge on any atom is 0.256 e. The van der Waals surface area contributed by atoms with Gasteiger partial charge in [0.05, 0.1) is 24.2 Å². The molecule has 0 bridgehead atoms. The molecule has 3 aromatic rings. The Kier molecular flexibility index (Phi) is 6.26. The van der Waals surface area contributed by atoms with Gasteiger partial charge < -0.3 is 10.6 Å². The molecular weight excluding hydrogens is 454 g/mol. The summed E-state index contributed by atoms with van der Waals surface area (Å²) in [5.74, 6) is -0.407. The second-order valence-electron chi connectivity index (χ2n) is 7.14. The number of amides is 2. The highest BCUT2D eigenvalue weighted by atomic mass is 35.5. The van der Waals surface area contributed by atoms with E-state index in [9.17, 15) is 18.0 Å². The smallest absolute Gasteiger partial charge is 0.256 e. The Morgan fingerprint density at radius 3 is 2.75 bits per heavy atom. The topological polar surface area (TPSA) is 113 Å². The van der Waals surface area contributed by atoms with Gasteiger partial charge in [-0.25, -0.2) is 13.1 Å². The van der Waals surface area contributed by atoms with E-state index < -0.39 is 15.9 Å². The zero-order valence-electron chi connectivity index (χ0n) is 16.9. The molecule has 0 spiro atoms. The number of rotatable bonds is 6. The van der Waals surface area contributed by atoms with Crippen molar-refractivity contribution in [2.45, 2.75) is 11.4 Å². The number of nitrogens with zero attached hydrogens (tertiary/aromatic N) is 3. The summed E-state index contributed by atoms with van der Waals surface area (Å²) in [6.07, 6.45) is 1.55.